The Kier molecular flexibility index (Phi) is 2.10. The smallest absolute Gasteiger partial charge is 0.310 e. The summed E-state index contributed by atoms with van der Waals surface area (Å²) in [5.74, 6) is -2.01. The van der Waals surface area contributed by atoms with Gasteiger partial charge < -0.3 is 10.2 Å². The Labute approximate surface area is 76.6 Å². The SMILES string of the molecule is C[C@@]1(C(=O)O)CCC[C@]1(C)C(=O)O. The summed E-state index contributed by atoms with van der Waals surface area (Å²) in [6, 6.07) is 0. The van der Waals surface area contributed by atoms with Crippen molar-refractivity contribution in [3.8, 4) is 0 Å². The first-order chi connectivity index (χ1) is 5.84. The molecule has 0 radical (unpaired) electrons. The van der Waals surface area contributed by atoms with Gasteiger partial charge in [-0.3, -0.25) is 9.59 Å². The summed E-state index contributed by atoms with van der Waals surface area (Å²) in [6.07, 6.45) is 1.57. The minimum Gasteiger partial charge on any atom is -0.481 e. The molecule has 0 aromatic carbocycles. The van der Waals surface area contributed by atoms with Crippen molar-refractivity contribution in [2.24, 2.45) is 10.8 Å². The van der Waals surface area contributed by atoms with Gasteiger partial charge in [-0.1, -0.05) is 6.42 Å². The van der Waals surface area contributed by atoms with E-state index in [2.05, 4.69) is 0 Å². The highest BCUT2D eigenvalue weighted by Gasteiger charge is 2.58. The summed E-state index contributed by atoms with van der Waals surface area (Å²) in [7, 11) is 0. The molecule has 4 heteroatoms. The molecule has 0 bridgehead atoms. The fourth-order valence-corrected chi connectivity index (χ4v) is 2.03. The zero-order valence-corrected chi connectivity index (χ0v) is 7.83. The molecule has 1 rings (SSSR count). The van der Waals surface area contributed by atoms with Gasteiger partial charge in [-0.25, -0.2) is 0 Å². The van der Waals surface area contributed by atoms with Crippen molar-refractivity contribution in [1.82, 2.24) is 0 Å². The van der Waals surface area contributed by atoms with Crippen LogP contribution in [0.4, 0.5) is 0 Å². The van der Waals surface area contributed by atoms with Crippen molar-refractivity contribution in [3.63, 3.8) is 0 Å². The first kappa shape index (κ1) is 10.0. The average molecular weight is 186 g/mol. The van der Waals surface area contributed by atoms with Crippen LogP contribution in [-0.2, 0) is 9.59 Å². The second-order valence-electron chi connectivity index (χ2n) is 4.13. The minimum absolute atomic E-state index is 0.450. The van der Waals surface area contributed by atoms with Crippen LogP contribution in [0.2, 0.25) is 0 Å². The highest BCUT2D eigenvalue weighted by atomic mass is 16.4. The van der Waals surface area contributed by atoms with E-state index in [0.29, 0.717) is 19.3 Å². The van der Waals surface area contributed by atoms with E-state index >= 15 is 0 Å². The van der Waals surface area contributed by atoms with Crippen LogP contribution in [0.25, 0.3) is 0 Å². The fraction of sp³-hybridized carbons (Fsp3) is 0.778. The molecule has 0 unspecified atom stereocenters. The third-order valence-corrected chi connectivity index (χ3v) is 3.52. The molecule has 13 heavy (non-hydrogen) atoms. The van der Waals surface area contributed by atoms with Gasteiger partial charge in [-0.2, -0.15) is 0 Å². The lowest BCUT2D eigenvalue weighted by molar-refractivity contribution is -0.167. The van der Waals surface area contributed by atoms with E-state index in [1.807, 2.05) is 0 Å². The number of aliphatic carboxylic acids is 2. The Morgan fingerprint density at radius 2 is 1.31 bits per heavy atom. The van der Waals surface area contributed by atoms with E-state index < -0.39 is 22.8 Å². The lowest BCUT2D eigenvalue weighted by Crippen LogP contribution is -2.44. The molecule has 0 aliphatic heterocycles. The molecule has 0 spiro atoms. The van der Waals surface area contributed by atoms with Gasteiger partial charge in [-0.15, -0.1) is 0 Å². The van der Waals surface area contributed by atoms with Crippen molar-refractivity contribution in [3.05, 3.63) is 0 Å². The Bertz CT molecular complexity index is 234. The molecular formula is C9H14O4. The van der Waals surface area contributed by atoms with Gasteiger partial charge in [0.2, 0.25) is 0 Å². The maximum atomic E-state index is 11.0. The van der Waals surface area contributed by atoms with Gasteiger partial charge in [-0.05, 0) is 26.7 Å². The maximum Gasteiger partial charge on any atom is 0.310 e. The number of carboxylic acid groups (broad SMARTS) is 2. The summed E-state index contributed by atoms with van der Waals surface area (Å²) in [5, 5.41) is 18.0. The highest BCUT2D eigenvalue weighted by molar-refractivity contribution is 5.86. The van der Waals surface area contributed by atoms with Gasteiger partial charge in [0.05, 0.1) is 10.8 Å². The molecule has 74 valence electrons. The van der Waals surface area contributed by atoms with E-state index in [0.717, 1.165) is 0 Å². The van der Waals surface area contributed by atoms with Crippen LogP contribution in [0.15, 0.2) is 0 Å². The molecule has 2 atom stereocenters. The molecule has 2 N–H and O–H groups in total. The van der Waals surface area contributed by atoms with Crippen LogP contribution in [0.5, 0.6) is 0 Å². The molecular weight excluding hydrogens is 172 g/mol. The van der Waals surface area contributed by atoms with Gasteiger partial charge in [0.15, 0.2) is 0 Å². The first-order valence-electron chi connectivity index (χ1n) is 4.31. The zero-order chi connectivity index (χ0) is 10.3. The summed E-state index contributed by atoms with van der Waals surface area (Å²) >= 11 is 0. The normalized spacial score (nSPS) is 38.9. The largest absolute Gasteiger partial charge is 0.481 e. The number of rotatable bonds is 2. The maximum absolute atomic E-state index is 11.0. The van der Waals surface area contributed by atoms with Crippen LogP contribution < -0.4 is 0 Å². The second kappa shape index (κ2) is 2.72. The van der Waals surface area contributed by atoms with Crippen molar-refractivity contribution >= 4 is 11.9 Å². The van der Waals surface area contributed by atoms with Crippen LogP contribution in [-0.4, -0.2) is 22.2 Å². The monoisotopic (exact) mass is 186 g/mol. The molecule has 0 saturated heterocycles. The molecule has 1 aliphatic rings. The number of hydrogen-bond acceptors (Lipinski definition) is 2. The van der Waals surface area contributed by atoms with E-state index in [4.69, 9.17) is 10.2 Å². The number of hydrogen-bond donors (Lipinski definition) is 2. The number of carbonyl (C=O) groups is 2. The third kappa shape index (κ3) is 1.12. The van der Waals surface area contributed by atoms with E-state index in [1.165, 1.54) is 13.8 Å². The van der Waals surface area contributed by atoms with Crippen LogP contribution in [0, 0.1) is 10.8 Å². The van der Waals surface area contributed by atoms with Crippen molar-refractivity contribution in [2.45, 2.75) is 33.1 Å². The van der Waals surface area contributed by atoms with E-state index in [-0.39, 0.29) is 0 Å². The molecule has 4 nitrogen and oxygen atoms in total. The summed E-state index contributed by atoms with van der Waals surface area (Å²) < 4.78 is 0. The van der Waals surface area contributed by atoms with Crippen molar-refractivity contribution < 1.29 is 19.8 Å². The van der Waals surface area contributed by atoms with Crippen molar-refractivity contribution in [1.29, 1.82) is 0 Å². The third-order valence-electron chi connectivity index (χ3n) is 3.52. The molecule has 1 saturated carbocycles. The predicted octanol–water partition coefficient (Wildman–Crippen LogP) is 1.35. The fourth-order valence-electron chi connectivity index (χ4n) is 2.03. The Morgan fingerprint density at radius 1 is 1.00 bits per heavy atom. The van der Waals surface area contributed by atoms with Crippen LogP contribution in [0.3, 0.4) is 0 Å². The molecule has 0 amide bonds. The Morgan fingerprint density at radius 3 is 1.54 bits per heavy atom. The number of carboxylic acids is 2. The molecule has 0 heterocycles. The predicted molar refractivity (Wildman–Crippen MR) is 45.3 cm³/mol. The summed E-state index contributed by atoms with van der Waals surface area (Å²) in [5.41, 5.74) is -2.22. The van der Waals surface area contributed by atoms with Gasteiger partial charge in [0.1, 0.15) is 0 Å². The van der Waals surface area contributed by atoms with E-state index in [9.17, 15) is 9.59 Å². The molecule has 0 aromatic rings. The Balaban J connectivity index is 3.11. The average Bonchev–Trinajstić information content (AvgIpc) is 2.31. The van der Waals surface area contributed by atoms with Crippen LogP contribution >= 0.6 is 0 Å². The highest BCUT2D eigenvalue weighted by Crippen LogP contribution is 2.52. The minimum atomic E-state index is -1.11. The lowest BCUT2D eigenvalue weighted by atomic mass is 9.68. The van der Waals surface area contributed by atoms with Gasteiger partial charge >= 0.3 is 11.9 Å². The zero-order valence-electron chi connectivity index (χ0n) is 7.83. The second-order valence-corrected chi connectivity index (χ2v) is 4.13. The summed E-state index contributed by atoms with van der Waals surface area (Å²) in [6.45, 7) is 3.05. The summed E-state index contributed by atoms with van der Waals surface area (Å²) in [4.78, 5) is 22.0. The van der Waals surface area contributed by atoms with E-state index in [1.54, 1.807) is 0 Å². The standard InChI is InChI=1S/C9H14O4/c1-8(6(10)11)4-3-5-9(8,2)7(12)13/h3-5H2,1-2H3,(H,10,11)(H,12,13)/t8-,9+. The molecule has 0 aromatic heterocycles. The quantitative estimate of drug-likeness (QED) is 0.682. The topological polar surface area (TPSA) is 74.6 Å². The lowest BCUT2D eigenvalue weighted by Gasteiger charge is -2.33. The van der Waals surface area contributed by atoms with Crippen molar-refractivity contribution in [2.75, 3.05) is 0 Å². The Hall–Kier alpha value is -1.06. The molecule has 1 aliphatic carbocycles. The van der Waals surface area contributed by atoms with Crippen LogP contribution in [0.1, 0.15) is 33.1 Å². The van der Waals surface area contributed by atoms with Gasteiger partial charge in [0.25, 0.3) is 0 Å². The molecule has 1 fully saturated rings. The van der Waals surface area contributed by atoms with Gasteiger partial charge in [0, 0.05) is 0 Å². The first-order valence-corrected chi connectivity index (χ1v) is 4.31.